The van der Waals surface area contributed by atoms with Crippen LogP contribution in [0, 0.1) is 6.66 Å². The van der Waals surface area contributed by atoms with Crippen molar-refractivity contribution in [1.82, 2.24) is 4.90 Å². The van der Waals surface area contributed by atoms with Crippen LogP contribution in [-0.4, -0.2) is 36.0 Å². The van der Waals surface area contributed by atoms with Gasteiger partial charge in [0.1, 0.15) is 0 Å². The largest absolute Gasteiger partial charge is 0.328 e. The standard InChI is InChI=1S/C7H17NO3P/c1-4-8(5-2)6-7-11-12(3,9)10/h3-7H2,1-2H3,(H,9,10). The van der Waals surface area contributed by atoms with Crippen molar-refractivity contribution < 1.29 is 14.0 Å². The van der Waals surface area contributed by atoms with Crippen LogP contribution in [0.4, 0.5) is 0 Å². The van der Waals surface area contributed by atoms with Crippen LogP contribution in [-0.2, 0) is 9.09 Å². The number of hydrogen-bond acceptors (Lipinski definition) is 3. The van der Waals surface area contributed by atoms with E-state index in [1.54, 1.807) is 0 Å². The molecular weight excluding hydrogens is 177 g/mol. The molecule has 0 aromatic rings. The SMILES string of the molecule is [CH2]P(=O)(O)OCCN(CC)CC. The second-order valence-corrected chi connectivity index (χ2v) is 4.03. The molecular formula is C7H17NO3P. The minimum atomic E-state index is -3.52. The van der Waals surface area contributed by atoms with E-state index in [4.69, 9.17) is 4.89 Å². The predicted molar refractivity (Wildman–Crippen MR) is 48.9 cm³/mol. The van der Waals surface area contributed by atoms with Gasteiger partial charge in [-0.25, -0.2) is 0 Å². The Bertz CT molecular complexity index is 153. The van der Waals surface area contributed by atoms with Crippen molar-refractivity contribution in [2.24, 2.45) is 0 Å². The molecule has 0 aromatic heterocycles. The summed E-state index contributed by atoms with van der Waals surface area (Å²) in [5, 5.41) is 0. The molecule has 0 aliphatic carbocycles. The third kappa shape index (κ3) is 6.80. The number of rotatable bonds is 6. The summed E-state index contributed by atoms with van der Waals surface area (Å²) < 4.78 is 15.2. The maximum absolute atomic E-state index is 10.6. The van der Waals surface area contributed by atoms with Crippen molar-refractivity contribution in [3.63, 3.8) is 0 Å². The summed E-state index contributed by atoms with van der Waals surface area (Å²) in [6.45, 7) is 9.84. The van der Waals surface area contributed by atoms with Gasteiger partial charge in [0.15, 0.2) is 0 Å². The molecule has 73 valence electrons. The van der Waals surface area contributed by atoms with Crippen molar-refractivity contribution in [1.29, 1.82) is 0 Å². The van der Waals surface area contributed by atoms with E-state index in [2.05, 4.69) is 16.1 Å². The minimum absolute atomic E-state index is 0.263. The molecule has 0 fully saturated rings. The third-order valence-electron chi connectivity index (χ3n) is 1.59. The Morgan fingerprint density at radius 2 is 2.00 bits per heavy atom. The van der Waals surface area contributed by atoms with Crippen LogP contribution in [0.1, 0.15) is 13.8 Å². The Balaban J connectivity index is 3.48. The van der Waals surface area contributed by atoms with Crippen molar-refractivity contribution in [2.45, 2.75) is 13.8 Å². The van der Waals surface area contributed by atoms with Crippen LogP contribution in [0.15, 0.2) is 0 Å². The summed E-state index contributed by atoms with van der Waals surface area (Å²) in [7, 11) is -3.52. The first kappa shape index (κ1) is 12.1. The lowest BCUT2D eigenvalue weighted by atomic mass is 10.5. The smallest absolute Gasteiger partial charge is 0.324 e. The van der Waals surface area contributed by atoms with Gasteiger partial charge in [-0.15, -0.1) is 0 Å². The van der Waals surface area contributed by atoms with E-state index in [1.165, 1.54) is 0 Å². The number of nitrogens with zero attached hydrogens (tertiary/aromatic N) is 1. The van der Waals surface area contributed by atoms with E-state index in [9.17, 15) is 4.57 Å². The first-order chi connectivity index (χ1) is 5.49. The van der Waals surface area contributed by atoms with Crippen LogP contribution in [0.2, 0.25) is 0 Å². The van der Waals surface area contributed by atoms with Crippen molar-refractivity contribution >= 4 is 7.60 Å². The molecule has 4 nitrogen and oxygen atoms in total. The quantitative estimate of drug-likeness (QED) is 0.648. The molecule has 1 unspecified atom stereocenters. The molecule has 1 radical (unpaired) electrons. The molecule has 0 spiro atoms. The van der Waals surface area contributed by atoms with Crippen LogP contribution in [0.5, 0.6) is 0 Å². The first-order valence-corrected chi connectivity index (χ1v) is 5.80. The monoisotopic (exact) mass is 194 g/mol. The van der Waals surface area contributed by atoms with Crippen LogP contribution >= 0.6 is 7.60 Å². The highest BCUT2D eigenvalue weighted by Gasteiger charge is 2.10. The van der Waals surface area contributed by atoms with Gasteiger partial charge in [-0.2, -0.15) is 0 Å². The first-order valence-electron chi connectivity index (χ1n) is 4.03. The summed E-state index contributed by atoms with van der Waals surface area (Å²) in [5.74, 6) is 0. The van der Waals surface area contributed by atoms with E-state index in [-0.39, 0.29) is 6.61 Å². The summed E-state index contributed by atoms with van der Waals surface area (Å²) in [5.41, 5.74) is 0. The maximum atomic E-state index is 10.6. The molecule has 1 N–H and O–H groups in total. The lowest BCUT2D eigenvalue weighted by Crippen LogP contribution is -2.26. The highest BCUT2D eigenvalue weighted by molar-refractivity contribution is 7.54. The van der Waals surface area contributed by atoms with Gasteiger partial charge < -0.3 is 14.3 Å². The van der Waals surface area contributed by atoms with Crippen molar-refractivity contribution in [3.8, 4) is 0 Å². The van der Waals surface area contributed by atoms with Gasteiger partial charge in [-0.3, -0.25) is 4.57 Å². The van der Waals surface area contributed by atoms with Gasteiger partial charge >= 0.3 is 7.60 Å². The molecule has 0 aliphatic rings. The number of likely N-dealkylation sites (N-methyl/N-ethyl adjacent to an activating group) is 1. The zero-order valence-corrected chi connectivity index (χ0v) is 8.59. The van der Waals surface area contributed by atoms with Gasteiger partial charge in [0, 0.05) is 6.54 Å². The number of hydrogen-bond donors (Lipinski definition) is 1. The average Bonchev–Trinajstić information content (AvgIpc) is 1.96. The third-order valence-corrected chi connectivity index (χ3v) is 2.18. The summed E-state index contributed by atoms with van der Waals surface area (Å²) in [6, 6.07) is 0. The van der Waals surface area contributed by atoms with E-state index < -0.39 is 7.60 Å². The van der Waals surface area contributed by atoms with Gasteiger partial charge in [0.05, 0.1) is 13.3 Å². The Morgan fingerprint density at radius 3 is 2.33 bits per heavy atom. The molecule has 0 saturated carbocycles. The van der Waals surface area contributed by atoms with Crippen LogP contribution in [0.25, 0.3) is 0 Å². The van der Waals surface area contributed by atoms with E-state index in [0.717, 1.165) is 13.1 Å². The highest BCUT2D eigenvalue weighted by Crippen LogP contribution is 2.38. The molecule has 0 saturated heterocycles. The second kappa shape index (κ2) is 5.70. The molecule has 0 heterocycles. The Hall–Kier alpha value is 0.110. The minimum Gasteiger partial charge on any atom is -0.324 e. The molecule has 0 aromatic carbocycles. The van der Waals surface area contributed by atoms with Gasteiger partial charge in [0.25, 0.3) is 0 Å². The molecule has 0 amide bonds. The molecule has 1 atom stereocenters. The topological polar surface area (TPSA) is 49.8 Å². The lowest BCUT2D eigenvalue weighted by Gasteiger charge is -2.17. The fourth-order valence-corrected chi connectivity index (χ4v) is 1.22. The van der Waals surface area contributed by atoms with Gasteiger partial charge in [0.2, 0.25) is 0 Å². The molecule has 0 rings (SSSR count). The maximum Gasteiger partial charge on any atom is 0.328 e. The van der Waals surface area contributed by atoms with Crippen molar-refractivity contribution in [2.75, 3.05) is 26.2 Å². The summed E-state index contributed by atoms with van der Waals surface area (Å²) >= 11 is 0. The Morgan fingerprint density at radius 1 is 1.50 bits per heavy atom. The fraction of sp³-hybridized carbons (Fsp3) is 0.857. The fourth-order valence-electron chi connectivity index (χ4n) is 0.852. The van der Waals surface area contributed by atoms with E-state index in [1.807, 2.05) is 13.8 Å². The normalized spacial score (nSPS) is 16.4. The summed E-state index contributed by atoms with van der Waals surface area (Å²) in [4.78, 5) is 10.8. The molecule has 0 aliphatic heterocycles. The second-order valence-electron chi connectivity index (χ2n) is 2.50. The Kier molecular flexibility index (Phi) is 5.76. The summed E-state index contributed by atoms with van der Waals surface area (Å²) in [6.07, 6.45) is 0. The Labute approximate surface area is 74.1 Å². The molecule has 0 bridgehead atoms. The zero-order chi connectivity index (χ0) is 9.61. The van der Waals surface area contributed by atoms with Crippen LogP contribution in [0.3, 0.4) is 0 Å². The predicted octanol–water partition coefficient (Wildman–Crippen LogP) is 1.32. The highest BCUT2D eigenvalue weighted by atomic mass is 31.2. The zero-order valence-electron chi connectivity index (χ0n) is 7.69. The van der Waals surface area contributed by atoms with E-state index in [0.29, 0.717) is 6.54 Å². The van der Waals surface area contributed by atoms with Gasteiger partial charge in [-0.05, 0) is 13.1 Å². The molecule has 12 heavy (non-hydrogen) atoms. The lowest BCUT2D eigenvalue weighted by molar-refractivity contribution is 0.206. The van der Waals surface area contributed by atoms with Crippen molar-refractivity contribution in [3.05, 3.63) is 6.66 Å². The molecule has 5 heteroatoms. The van der Waals surface area contributed by atoms with E-state index >= 15 is 0 Å². The van der Waals surface area contributed by atoms with Crippen LogP contribution < -0.4 is 0 Å². The average molecular weight is 194 g/mol. The van der Waals surface area contributed by atoms with Gasteiger partial charge in [-0.1, -0.05) is 13.8 Å².